The van der Waals surface area contributed by atoms with E-state index in [1.807, 2.05) is 29.2 Å². The Hall–Kier alpha value is -4.71. The van der Waals surface area contributed by atoms with Crippen molar-refractivity contribution >= 4 is 28.5 Å². The monoisotopic (exact) mass is 920 g/mol. The largest absolute Gasteiger partial charge is 0.459 e. The summed E-state index contributed by atoms with van der Waals surface area (Å²) in [5.41, 5.74) is 3.66. The fraction of sp³-hybridized carbons (Fsp3) is 0.589. The van der Waals surface area contributed by atoms with Crippen molar-refractivity contribution in [3.05, 3.63) is 96.1 Å². The van der Waals surface area contributed by atoms with E-state index in [2.05, 4.69) is 55.2 Å². The van der Waals surface area contributed by atoms with E-state index in [1.54, 1.807) is 19.3 Å². The number of unbranched alkanes of at least 4 members (excludes halogenated alkanes) is 11. The van der Waals surface area contributed by atoms with Gasteiger partial charge in [0.1, 0.15) is 24.7 Å². The molecule has 11 heteroatoms. The molecule has 11 nitrogen and oxygen atoms in total. The molecule has 2 saturated carbocycles. The number of rotatable bonds is 28. The minimum atomic E-state index is -1.38. The number of nitrogens with one attached hydrogen (secondary N) is 1. The first-order chi connectivity index (χ1) is 32.9. The summed E-state index contributed by atoms with van der Waals surface area (Å²) >= 11 is 0. The molecule has 4 aliphatic rings. The lowest BCUT2D eigenvalue weighted by Gasteiger charge is -2.60. The highest BCUT2D eigenvalue weighted by atomic mass is 16.7. The van der Waals surface area contributed by atoms with Crippen LogP contribution in [-0.2, 0) is 20.9 Å². The summed E-state index contributed by atoms with van der Waals surface area (Å²) in [6.07, 6.45) is 22.4. The predicted molar refractivity (Wildman–Crippen MR) is 265 cm³/mol. The van der Waals surface area contributed by atoms with Gasteiger partial charge in [0.05, 0.1) is 18.2 Å². The SMILES string of the molecule is C=CCOC12Oc3ccc(OC(=O)NCCCCCCCCCCCC)cc3C3C(CCCCO)C(CCCCO)C=C(C(=NOC)CC1N(Cc1cccc4ccccc14)C(=O)C1CC1)C32. The van der Waals surface area contributed by atoms with Gasteiger partial charge in [-0.3, -0.25) is 4.79 Å². The van der Waals surface area contributed by atoms with Crippen LogP contribution in [0.3, 0.4) is 0 Å². The molecular formula is C56H77N3O8. The smallest absolute Gasteiger partial charge is 0.412 e. The van der Waals surface area contributed by atoms with Gasteiger partial charge in [0.15, 0.2) is 0 Å². The summed E-state index contributed by atoms with van der Waals surface area (Å²) in [5.74, 6) is -0.926. The highest BCUT2D eigenvalue weighted by Crippen LogP contribution is 2.62. The number of hydrogen-bond donors (Lipinski definition) is 3. The van der Waals surface area contributed by atoms with E-state index in [0.29, 0.717) is 43.9 Å². The number of fused-ring (bicyclic) bond motifs is 3. The number of hydrogen-bond acceptors (Lipinski definition) is 9. The molecule has 3 aromatic rings. The number of carbonyl (C=O) groups excluding carboxylic acids is 2. The van der Waals surface area contributed by atoms with Crippen LogP contribution in [0.1, 0.15) is 146 Å². The Morgan fingerprint density at radius 2 is 1.61 bits per heavy atom. The van der Waals surface area contributed by atoms with Crippen molar-refractivity contribution in [3.63, 3.8) is 0 Å². The van der Waals surface area contributed by atoms with Gasteiger partial charge < -0.3 is 39.5 Å². The maximum absolute atomic E-state index is 15.0. The van der Waals surface area contributed by atoms with Gasteiger partial charge in [-0.05, 0) is 96.9 Å². The molecular weight excluding hydrogens is 843 g/mol. The zero-order valence-electron chi connectivity index (χ0n) is 40.3. The van der Waals surface area contributed by atoms with Crippen LogP contribution < -0.4 is 14.8 Å². The second kappa shape index (κ2) is 25.1. The maximum Gasteiger partial charge on any atom is 0.412 e. The lowest BCUT2D eigenvalue weighted by atomic mass is 9.55. The van der Waals surface area contributed by atoms with E-state index in [0.717, 1.165) is 84.6 Å². The molecule has 0 spiro atoms. The second-order valence-electron chi connectivity index (χ2n) is 19.3. The zero-order valence-corrected chi connectivity index (χ0v) is 40.3. The molecule has 1 heterocycles. The van der Waals surface area contributed by atoms with E-state index < -0.39 is 23.8 Å². The number of benzene rings is 3. The average Bonchev–Trinajstić information content (AvgIpc) is 4.20. The molecule has 67 heavy (non-hydrogen) atoms. The van der Waals surface area contributed by atoms with Crippen LogP contribution in [-0.4, -0.2) is 78.1 Å². The third-order valence-corrected chi connectivity index (χ3v) is 14.7. The fourth-order valence-electron chi connectivity index (χ4n) is 11.3. The number of amides is 2. The minimum Gasteiger partial charge on any atom is -0.459 e. The van der Waals surface area contributed by atoms with Crippen LogP contribution in [0.5, 0.6) is 11.5 Å². The first-order valence-electron chi connectivity index (χ1n) is 25.7. The molecule has 6 atom stereocenters. The molecule has 3 aliphatic carbocycles. The standard InChI is InChI=1S/C56H77N3O8/c1-4-6-7-8-9-10-11-12-13-18-32-57-55(63)66-44-30-31-50-48(37-44)52-46(27-17-20-34-61)42(23-16-19-33-60)36-47-49(58-64-3)38-51(56(67-50,53(47)52)65-35-5-2)59(54(62)41-28-29-41)39-43-25-21-24-40-22-14-15-26-45(40)43/h5,14-15,21-22,24-26,30-31,36-37,41-42,46,51-53,60-61H,2,4,6-13,16-20,23,27-29,32-35,38-39H2,1,3H3,(H,57,63). The number of aliphatic hydroxyl groups is 2. The van der Waals surface area contributed by atoms with Crippen molar-refractivity contribution < 1.29 is 38.9 Å². The topological polar surface area (TPSA) is 139 Å². The summed E-state index contributed by atoms with van der Waals surface area (Å²) < 4.78 is 20.7. The van der Waals surface area contributed by atoms with E-state index in [1.165, 1.54) is 51.4 Å². The molecule has 3 aromatic carbocycles. The highest BCUT2D eigenvalue weighted by molar-refractivity contribution is 6.03. The molecule has 2 amide bonds. The van der Waals surface area contributed by atoms with Crippen LogP contribution in [0.2, 0.25) is 0 Å². The van der Waals surface area contributed by atoms with Crippen molar-refractivity contribution in [1.82, 2.24) is 10.2 Å². The van der Waals surface area contributed by atoms with Crippen molar-refractivity contribution in [3.8, 4) is 11.5 Å². The summed E-state index contributed by atoms with van der Waals surface area (Å²) in [7, 11) is 1.57. The van der Waals surface area contributed by atoms with Crippen molar-refractivity contribution in [2.24, 2.45) is 28.8 Å². The Kier molecular flexibility index (Phi) is 18.8. The van der Waals surface area contributed by atoms with Gasteiger partial charge in [-0.25, -0.2) is 4.79 Å². The highest BCUT2D eigenvalue weighted by Gasteiger charge is 2.66. The molecule has 364 valence electrons. The number of nitrogens with zero attached hydrogens (tertiary/aromatic N) is 2. The Balaban J connectivity index is 1.26. The minimum absolute atomic E-state index is 0.0435. The van der Waals surface area contributed by atoms with Crippen LogP contribution in [0.4, 0.5) is 4.79 Å². The molecule has 6 unspecified atom stereocenters. The lowest BCUT2D eigenvalue weighted by molar-refractivity contribution is -0.258. The van der Waals surface area contributed by atoms with Gasteiger partial charge in [0.25, 0.3) is 0 Å². The number of carbonyl (C=O) groups is 2. The third kappa shape index (κ3) is 12.3. The summed E-state index contributed by atoms with van der Waals surface area (Å²) in [5, 5.41) is 29.9. The van der Waals surface area contributed by atoms with Crippen molar-refractivity contribution in [2.45, 2.75) is 153 Å². The third-order valence-electron chi connectivity index (χ3n) is 14.7. The molecule has 0 bridgehead atoms. The molecule has 1 aliphatic heterocycles. The Morgan fingerprint density at radius 1 is 0.896 bits per heavy atom. The van der Waals surface area contributed by atoms with Gasteiger partial charge in [0.2, 0.25) is 11.7 Å². The van der Waals surface area contributed by atoms with Gasteiger partial charge in [-0.2, -0.15) is 0 Å². The van der Waals surface area contributed by atoms with Crippen LogP contribution in [0.15, 0.2) is 90.1 Å². The van der Waals surface area contributed by atoms with Gasteiger partial charge in [0, 0.05) is 50.1 Å². The van der Waals surface area contributed by atoms with Crippen molar-refractivity contribution in [2.75, 3.05) is 33.5 Å². The molecule has 3 N–H and O–H groups in total. The van der Waals surface area contributed by atoms with E-state index in [-0.39, 0.29) is 49.4 Å². The molecule has 2 fully saturated rings. The normalized spacial score (nSPS) is 23.4. The number of allylic oxidation sites excluding steroid dienone is 1. The van der Waals surface area contributed by atoms with Crippen LogP contribution in [0, 0.1) is 23.7 Å². The van der Waals surface area contributed by atoms with Gasteiger partial charge in [-0.15, -0.1) is 6.58 Å². The number of oxime groups is 1. The van der Waals surface area contributed by atoms with Crippen LogP contribution >= 0.6 is 0 Å². The Labute approximate surface area is 399 Å². The zero-order chi connectivity index (χ0) is 47.0. The molecule has 0 aromatic heterocycles. The van der Waals surface area contributed by atoms with E-state index >= 15 is 0 Å². The summed E-state index contributed by atoms with van der Waals surface area (Å²) in [4.78, 5) is 36.0. The fourth-order valence-corrected chi connectivity index (χ4v) is 11.3. The lowest BCUT2D eigenvalue weighted by Crippen LogP contribution is -2.70. The number of aliphatic hydroxyl groups excluding tert-OH is 2. The summed E-state index contributed by atoms with van der Waals surface area (Å²) in [6, 6.07) is 19.6. The Bertz CT molecular complexity index is 2150. The van der Waals surface area contributed by atoms with Crippen molar-refractivity contribution in [1.29, 1.82) is 0 Å². The first kappa shape index (κ1) is 50.2. The second-order valence-corrected chi connectivity index (χ2v) is 19.3. The Morgan fingerprint density at radius 3 is 2.33 bits per heavy atom. The number of ether oxygens (including phenoxy) is 3. The molecule has 0 saturated heterocycles. The average molecular weight is 920 g/mol. The first-order valence-corrected chi connectivity index (χ1v) is 25.7. The molecule has 7 rings (SSSR count). The van der Waals surface area contributed by atoms with Crippen LogP contribution in [0.25, 0.3) is 10.8 Å². The molecule has 0 radical (unpaired) electrons. The quantitative estimate of drug-likeness (QED) is 0.0372. The maximum atomic E-state index is 15.0. The summed E-state index contributed by atoms with van der Waals surface area (Å²) in [6.45, 7) is 7.60. The predicted octanol–water partition coefficient (Wildman–Crippen LogP) is 11.6. The van der Waals surface area contributed by atoms with Gasteiger partial charge >= 0.3 is 6.09 Å². The van der Waals surface area contributed by atoms with E-state index in [4.69, 9.17) is 24.2 Å². The van der Waals surface area contributed by atoms with E-state index in [9.17, 15) is 19.8 Å². The van der Waals surface area contributed by atoms with Gasteiger partial charge in [-0.1, -0.05) is 137 Å².